The molecule has 0 amide bonds. The minimum atomic E-state index is -0.706. The van der Waals surface area contributed by atoms with Crippen LogP contribution in [0.3, 0.4) is 0 Å². The SMILES string of the molecule is CC(C)[C@@H](O)[C@@H](N)c1ccc(OCc2ccccc2)cc1O.Cl. The molecule has 0 bridgehead atoms. The second-order valence-corrected chi connectivity index (χ2v) is 5.76. The quantitative estimate of drug-likeness (QED) is 0.755. The Kier molecular flexibility index (Phi) is 7.36. The highest BCUT2D eigenvalue weighted by Crippen LogP contribution is 2.31. The summed E-state index contributed by atoms with van der Waals surface area (Å²) in [5.41, 5.74) is 7.58. The molecule has 0 fully saturated rings. The van der Waals surface area contributed by atoms with Crippen LogP contribution in [-0.2, 0) is 6.61 Å². The van der Waals surface area contributed by atoms with Crippen LogP contribution >= 0.6 is 12.4 Å². The van der Waals surface area contributed by atoms with Crippen LogP contribution < -0.4 is 10.5 Å². The third-order valence-electron chi connectivity index (χ3n) is 3.66. The molecular formula is C18H24ClNO3. The Balaban J connectivity index is 0.00000264. The van der Waals surface area contributed by atoms with Gasteiger partial charge in [0.15, 0.2) is 0 Å². The summed E-state index contributed by atoms with van der Waals surface area (Å²) in [6.45, 7) is 4.21. The predicted molar refractivity (Wildman–Crippen MR) is 93.9 cm³/mol. The van der Waals surface area contributed by atoms with Gasteiger partial charge in [0, 0.05) is 11.6 Å². The molecule has 2 aromatic rings. The number of hydrogen-bond donors (Lipinski definition) is 3. The van der Waals surface area contributed by atoms with Gasteiger partial charge in [0.2, 0.25) is 0 Å². The number of nitrogens with two attached hydrogens (primary N) is 1. The molecule has 0 heterocycles. The van der Waals surface area contributed by atoms with E-state index in [-0.39, 0.29) is 24.1 Å². The summed E-state index contributed by atoms with van der Waals surface area (Å²) in [7, 11) is 0. The Morgan fingerprint density at radius 2 is 1.74 bits per heavy atom. The normalized spacial score (nSPS) is 13.3. The number of rotatable bonds is 6. The Morgan fingerprint density at radius 3 is 2.30 bits per heavy atom. The van der Waals surface area contributed by atoms with Crippen molar-refractivity contribution in [2.75, 3.05) is 0 Å². The second-order valence-electron chi connectivity index (χ2n) is 5.76. The van der Waals surface area contributed by atoms with Crippen LogP contribution in [0.25, 0.3) is 0 Å². The van der Waals surface area contributed by atoms with E-state index in [9.17, 15) is 10.2 Å². The largest absolute Gasteiger partial charge is 0.507 e. The Morgan fingerprint density at radius 1 is 1.09 bits per heavy atom. The van der Waals surface area contributed by atoms with Crippen molar-refractivity contribution in [3.8, 4) is 11.5 Å². The van der Waals surface area contributed by atoms with Gasteiger partial charge in [-0.1, -0.05) is 44.2 Å². The Bertz CT molecular complexity index is 604. The Hall–Kier alpha value is -1.75. The number of phenols is 1. The van der Waals surface area contributed by atoms with Crippen LogP contribution in [-0.4, -0.2) is 16.3 Å². The topological polar surface area (TPSA) is 75.7 Å². The van der Waals surface area contributed by atoms with Crippen molar-refractivity contribution in [1.29, 1.82) is 0 Å². The lowest BCUT2D eigenvalue weighted by molar-refractivity contribution is 0.0969. The van der Waals surface area contributed by atoms with Gasteiger partial charge in [-0.2, -0.15) is 0 Å². The van der Waals surface area contributed by atoms with E-state index in [2.05, 4.69) is 0 Å². The number of benzene rings is 2. The molecule has 2 aromatic carbocycles. The molecule has 126 valence electrons. The minimum Gasteiger partial charge on any atom is -0.507 e. The molecule has 0 aliphatic rings. The van der Waals surface area contributed by atoms with E-state index < -0.39 is 12.1 Å². The first kappa shape index (κ1) is 19.3. The monoisotopic (exact) mass is 337 g/mol. The third kappa shape index (κ3) is 5.13. The van der Waals surface area contributed by atoms with Crippen LogP contribution in [0, 0.1) is 5.92 Å². The molecule has 5 heteroatoms. The molecule has 0 spiro atoms. The van der Waals surface area contributed by atoms with Crippen molar-refractivity contribution in [3.63, 3.8) is 0 Å². The third-order valence-corrected chi connectivity index (χ3v) is 3.66. The molecule has 2 atom stereocenters. The number of aromatic hydroxyl groups is 1. The second kappa shape index (κ2) is 8.77. The van der Waals surface area contributed by atoms with Gasteiger partial charge >= 0.3 is 0 Å². The van der Waals surface area contributed by atoms with Crippen LogP contribution in [0.2, 0.25) is 0 Å². The molecule has 0 aromatic heterocycles. The van der Waals surface area contributed by atoms with E-state index in [4.69, 9.17) is 10.5 Å². The van der Waals surface area contributed by atoms with Gasteiger partial charge in [0.25, 0.3) is 0 Å². The van der Waals surface area contributed by atoms with Crippen LogP contribution in [0.15, 0.2) is 48.5 Å². The van der Waals surface area contributed by atoms with Gasteiger partial charge < -0.3 is 20.7 Å². The van der Waals surface area contributed by atoms with Gasteiger partial charge in [-0.25, -0.2) is 0 Å². The maximum Gasteiger partial charge on any atom is 0.124 e. The van der Waals surface area contributed by atoms with Crippen LogP contribution in [0.4, 0.5) is 0 Å². The lowest BCUT2D eigenvalue weighted by Gasteiger charge is -2.23. The molecule has 0 saturated heterocycles. The van der Waals surface area contributed by atoms with Crippen LogP contribution in [0.1, 0.15) is 31.0 Å². The molecular weight excluding hydrogens is 314 g/mol. The van der Waals surface area contributed by atoms with Gasteiger partial charge in [-0.05, 0) is 23.6 Å². The first-order valence-electron chi connectivity index (χ1n) is 7.42. The molecule has 23 heavy (non-hydrogen) atoms. The van der Waals surface area contributed by atoms with Crippen molar-refractivity contribution in [2.45, 2.75) is 32.6 Å². The number of hydrogen-bond acceptors (Lipinski definition) is 4. The van der Waals surface area contributed by atoms with E-state index in [1.54, 1.807) is 12.1 Å². The fourth-order valence-corrected chi connectivity index (χ4v) is 2.23. The summed E-state index contributed by atoms with van der Waals surface area (Å²) in [6, 6.07) is 14.2. The van der Waals surface area contributed by atoms with E-state index in [1.165, 1.54) is 6.07 Å². The molecule has 0 unspecified atom stereocenters. The molecule has 4 nitrogen and oxygen atoms in total. The maximum atomic E-state index is 10.1. The number of phenolic OH excluding ortho intramolecular Hbond substituents is 1. The zero-order valence-corrected chi connectivity index (χ0v) is 14.2. The molecule has 0 aliphatic carbocycles. The number of aliphatic hydroxyl groups is 1. The first-order valence-corrected chi connectivity index (χ1v) is 7.42. The van der Waals surface area contributed by atoms with Crippen molar-refractivity contribution in [2.24, 2.45) is 11.7 Å². The molecule has 0 aliphatic heterocycles. The summed E-state index contributed by atoms with van der Waals surface area (Å²) >= 11 is 0. The Labute approximate surface area is 143 Å². The highest BCUT2D eigenvalue weighted by atomic mass is 35.5. The average Bonchev–Trinajstić information content (AvgIpc) is 2.52. The summed E-state index contributed by atoms with van der Waals surface area (Å²) in [4.78, 5) is 0. The lowest BCUT2D eigenvalue weighted by atomic mass is 9.94. The highest BCUT2D eigenvalue weighted by molar-refractivity contribution is 5.85. The summed E-state index contributed by atoms with van der Waals surface area (Å²) in [6.07, 6.45) is -0.706. The van der Waals surface area contributed by atoms with Gasteiger partial charge in [-0.15, -0.1) is 12.4 Å². The summed E-state index contributed by atoms with van der Waals surface area (Å²) in [5.74, 6) is 0.623. The van der Waals surface area contributed by atoms with E-state index >= 15 is 0 Å². The predicted octanol–water partition coefficient (Wildman–Crippen LogP) is 3.41. The fraction of sp³-hybridized carbons (Fsp3) is 0.333. The van der Waals surface area contributed by atoms with Crippen molar-refractivity contribution in [3.05, 3.63) is 59.7 Å². The molecule has 4 N–H and O–H groups in total. The lowest BCUT2D eigenvalue weighted by Crippen LogP contribution is -2.30. The van der Waals surface area contributed by atoms with E-state index in [0.717, 1.165) is 5.56 Å². The zero-order chi connectivity index (χ0) is 16.1. The summed E-state index contributed by atoms with van der Waals surface area (Å²) in [5, 5.41) is 20.1. The molecule has 0 radical (unpaired) electrons. The van der Waals surface area contributed by atoms with E-state index in [0.29, 0.717) is 17.9 Å². The maximum absolute atomic E-state index is 10.1. The zero-order valence-electron chi connectivity index (χ0n) is 13.3. The molecule has 0 saturated carbocycles. The number of aliphatic hydroxyl groups excluding tert-OH is 1. The molecule has 2 rings (SSSR count). The van der Waals surface area contributed by atoms with Crippen molar-refractivity contribution in [1.82, 2.24) is 0 Å². The first-order chi connectivity index (χ1) is 10.5. The van der Waals surface area contributed by atoms with Crippen molar-refractivity contribution >= 4 is 12.4 Å². The highest BCUT2D eigenvalue weighted by Gasteiger charge is 2.22. The number of ether oxygens (including phenoxy) is 1. The number of halogens is 1. The standard InChI is InChI=1S/C18H23NO3.ClH/c1-12(2)18(21)17(19)15-9-8-14(10-16(15)20)22-11-13-6-4-3-5-7-13;/h3-10,12,17-18,20-21H,11,19H2,1-2H3;1H/t17-,18+;/m0./s1. The average molecular weight is 338 g/mol. The smallest absolute Gasteiger partial charge is 0.124 e. The van der Waals surface area contributed by atoms with Crippen molar-refractivity contribution < 1.29 is 14.9 Å². The van der Waals surface area contributed by atoms with Crippen LogP contribution in [0.5, 0.6) is 11.5 Å². The van der Waals surface area contributed by atoms with Gasteiger partial charge in [-0.3, -0.25) is 0 Å². The fourth-order valence-electron chi connectivity index (χ4n) is 2.23. The van der Waals surface area contributed by atoms with E-state index in [1.807, 2.05) is 44.2 Å². The van der Waals surface area contributed by atoms with Gasteiger partial charge in [0.05, 0.1) is 12.1 Å². The summed E-state index contributed by atoms with van der Waals surface area (Å²) < 4.78 is 5.65. The minimum absolute atomic E-state index is 0. The van der Waals surface area contributed by atoms with Gasteiger partial charge in [0.1, 0.15) is 18.1 Å².